The van der Waals surface area contributed by atoms with E-state index in [0.29, 0.717) is 35.3 Å². The molecule has 0 fully saturated rings. The predicted octanol–water partition coefficient (Wildman–Crippen LogP) is 4.93. The van der Waals surface area contributed by atoms with Crippen LogP contribution in [0.2, 0.25) is 0 Å². The minimum Gasteiger partial charge on any atom is -0.488 e. The number of para-hydroxylation sites is 1. The molecule has 0 saturated heterocycles. The molecule has 3 rings (SSSR count). The number of nitrogens with one attached hydrogen (secondary N) is 1. The maximum absolute atomic E-state index is 11.7. The number of halogens is 1. The normalized spacial score (nSPS) is 11.4. The number of aliphatic carboxylic acids is 1. The van der Waals surface area contributed by atoms with Crippen LogP contribution in [0, 0.1) is 0 Å². The summed E-state index contributed by atoms with van der Waals surface area (Å²) in [6.45, 7) is 2.33. The third-order valence-corrected chi connectivity index (χ3v) is 5.18. The van der Waals surface area contributed by atoms with E-state index >= 15 is 0 Å². The molecule has 144 valence electrons. The second-order valence-corrected chi connectivity index (χ2v) is 7.71. The molecule has 0 atom stereocenters. The van der Waals surface area contributed by atoms with E-state index in [9.17, 15) is 9.90 Å². The second kappa shape index (κ2) is 9.57. The van der Waals surface area contributed by atoms with E-state index in [1.807, 2.05) is 55.5 Å². The molecule has 6 nitrogen and oxygen atoms in total. The Morgan fingerprint density at radius 1 is 1.25 bits per heavy atom. The van der Waals surface area contributed by atoms with Gasteiger partial charge in [0.25, 0.3) is 0 Å². The first-order chi connectivity index (χ1) is 13.5. The largest absolute Gasteiger partial charge is 0.488 e. The molecule has 0 radical (unpaired) electrons. The molecular formula is C20H18BrN3O3S. The fraction of sp³-hybridized carbons (Fsp3) is 0.150. The van der Waals surface area contributed by atoms with Gasteiger partial charge in [-0.25, -0.2) is 9.78 Å². The number of carboxylic acids is 1. The molecule has 0 unspecified atom stereocenters. The molecule has 2 N–H and O–H groups in total. The van der Waals surface area contributed by atoms with Gasteiger partial charge in [-0.05, 0) is 41.6 Å². The minimum atomic E-state index is -1.05. The van der Waals surface area contributed by atoms with Gasteiger partial charge in [-0.3, -0.25) is 5.10 Å². The van der Waals surface area contributed by atoms with Crippen LogP contribution in [0.1, 0.15) is 23.9 Å². The number of H-pyrrole nitrogens is 1. The van der Waals surface area contributed by atoms with Crippen LogP contribution in [0.4, 0.5) is 0 Å². The summed E-state index contributed by atoms with van der Waals surface area (Å²) < 4.78 is 6.92. The number of hydrogen-bond donors (Lipinski definition) is 2. The van der Waals surface area contributed by atoms with Crippen LogP contribution in [0.3, 0.4) is 0 Å². The number of carbonyl (C=O) groups is 1. The van der Waals surface area contributed by atoms with Crippen molar-refractivity contribution in [3.63, 3.8) is 0 Å². The van der Waals surface area contributed by atoms with Crippen molar-refractivity contribution < 1.29 is 14.6 Å². The predicted molar refractivity (Wildman–Crippen MR) is 112 cm³/mol. The van der Waals surface area contributed by atoms with Gasteiger partial charge in [0.1, 0.15) is 23.1 Å². The summed E-state index contributed by atoms with van der Waals surface area (Å²) in [6, 6.07) is 15.2. The van der Waals surface area contributed by atoms with Crippen LogP contribution in [-0.2, 0) is 17.8 Å². The zero-order valence-corrected chi connectivity index (χ0v) is 17.5. The summed E-state index contributed by atoms with van der Waals surface area (Å²) in [5, 5.41) is 16.8. The van der Waals surface area contributed by atoms with E-state index in [0.717, 1.165) is 21.8 Å². The quantitative estimate of drug-likeness (QED) is 0.366. The fourth-order valence-electron chi connectivity index (χ4n) is 2.33. The van der Waals surface area contributed by atoms with Gasteiger partial charge >= 0.3 is 5.97 Å². The molecule has 0 aliphatic rings. The van der Waals surface area contributed by atoms with E-state index in [2.05, 4.69) is 31.1 Å². The van der Waals surface area contributed by atoms with Crippen LogP contribution >= 0.6 is 27.7 Å². The molecule has 0 aliphatic carbocycles. The van der Waals surface area contributed by atoms with Crippen LogP contribution in [0.25, 0.3) is 6.08 Å². The highest BCUT2D eigenvalue weighted by molar-refractivity contribution is 9.10. The zero-order valence-electron chi connectivity index (χ0n) is 15.1. The second-order valence-electron chi connectivity index (χ2n) is 5.79. The maximum Gasteiger partial charge on any atom is 0.342 e. The smallest absolute Gasteiger partial charge is 0.342 e. The Kier molecular flexibility index (Phi) is 6.89. The molecule has 0 saturated carbocycles. The Morgan fingerprint density at radius 3 is 2.68 bits per heavy atom. The average molecular weight is 460 g/mol. The number of aryl methyl sites for hydroxylation is 1. The number of hydrogen-bond acceptors (Lipinski definition) is 5. The zero-order chi connectivity index (χ0) is 19.9. The third-order valence-electron chi connectivity index (χ3n) is 3.77. The Labute approximate surface area is 175 Å². The van der Waals surface area contributed by atoms with Gasteiger partial charge in [-0.2, -0.15) is 0 Å². The van der Waals surface area contributed by atoms with Gasteiger partial charge < -0.3 is 9.84 Å². The first-order valence-corrected chi connectivity index (χ1v) is 10.2. The Balaban J connectivity index is 1.80. The molecule has 3 aromatic rings. The third kappa shape index (κ3) is 5.46. The van der Waals surface area contributed by atoms with Crippen molar-refractivity contribution in [2.24, 2.45) is 0 Å². The lowest BCUT2D eigenvalue weighted by atomic mass is 10.2. The number of rotatable bonds is 8. The Hall–Kier alpha value is -2.58. The fourth-order valence-corrected chi connectivity index (χ4v) is 3.31. The van der Waals surface area contributed by atoms with Gasteiger partial charge in [0.15, 0.2) is 0 Å². The monoisotopic (exact) mass is 459 g/mol. The van der Waals surface area contributed by atoms with Crippen LogP contribution in [0.5, 0.6) is 5.75 Å². The van der Waals surface area contributed by atoms with E-state index in [1.54, 1.807) is 6.08 Å². The highest BCUT2D eigenvalue weighted by Gasteiger charge is 2.14. The number of nitrogens with zero attached hydrogens (tertiary/aromatic N) is 2. The first-order valence-electron chi connectivity index (χ1n) is 8.55. The lowest BCUT2D eigenvalue weighted by molar-refractivity contribution is -0.131. The summed E-state index contributed by atoms with van der Waals surface area (Å²) in [5.74, 6) is 0.273. The Bertz CT molecular complexity index is 986. The van der Waals surface area contributed by atoms with E-state index in [1.165, 1.54) is 0 Å². The molecule has 8 heteroatoms. The first kappa shape index (κ1) is 20.2. The average Bonchev–Trinajstić information content (AvgIpc) is 3.15. The van der Waals surface area contributed by atoms with Crippen molar-refractivity contribution in [2.75, 3.05) is 0 Å². The number of benzene rings is 2. The molecule has 0 spiro atoms. The number of carboxylic acid groups (broad SMARTS) is 1. The molecule has 0 aliphatic heterocycles. The summed E-state index contributed by atoms with van der Waals surface area (Å²) >= 11 is 4.41. The highest BCUT2D eigenvalue weighted by atomic mass is 79.9. The molecule has 0 bridgehead atoms. The van der Waals surface area contributed by atoms with Gasteiger partial charge in [0.2, 0.25) is 5.16 Å². The molecule has 2 aromatic carbocycles. The lowest BCUT2D eigenvalue weighted by Crippen LogP contribution is -1.99. The highest BCUT2D eigenvalue weighted by Crippen LogP contribution is 2.29. The van der Waals surface area contributed by atoms with Crippen molar-refractivity contribution >= 4 is 39.7 Å². The number of aromatic amines is 1. The van der Waals surface area contributed by atoms with Crippen molar-refractivity contribution in [1.82, 2.24) is 15.2 Å². The van der Waals surface area contributed by atoms with Crippen LogP contribution in [-0.4, -0.2) is 26.3 Å². The van der Waals surface area contributed by atoms with E-state index in [4.69, 9.17) is 4.74 Å². The number of aromatic nitrogens is 3. The standard InChI is InChI=1S/C20H18BrN3O3S/c1-2-18-22-20(24-23-18)28-17(19(25)26)11-14-5-3-4-6-16(14)27-12-13-7-9-15(21)10-8-13/h3-11H,2,12H2,1H3,(H,25,26)(H,22,23,24)/b17-11-. The van der Waals surface area contributed by atoms with Crippen molar-refractivity contribution in [3.8, 4) is 5.75 Å². The van der Waals surface area contributed by atoms with Crippen LogP contribution in [0.15, 0.2) is 63.1 Å². The van der Waals surface area contributed by atoms with Crippen molar-refractivity contribution in [3.05, 3.63) is 74.9 Å². The summed E-state index contributed by atoms with van der Waals surface area (Å²) in [4.78, 5) is 16.1. The van der Waals surface area contributed by atoms with Crippen LogP contribution < -0.4 is 4.74 Å². The summed E-state index contributed by atoms with van der Waals surface area (Å²) in [5.41, 5.74) is 1.69. The number of ether oxygens (including phenoxy) is 1. The van der Waals surface area contributed by atoms with Crippen molar-refractivity contribution in [1.29, 1.82) is 0 Å². The van der Waals surface area contributed by atoms with Crippen molar-refractivity contribution in [2.45, 2.75) is 25.1 Å². The lowest BCUT2D eigenvalue weighted by Gasteiger charge is -2.10. The van der Waals surface area contributed by atoms with E-state index < -0.39 is 5.97 Å². The van der Waals surface area contributed by atoms with Gasteiger partial charge in [-0.15, -0.1) is 5.10 Å². The van der Waals surface area contributed by atoms with Gasteiger partial charge in [-0.1, -0.05) is 53.2 Å². The molecule has 0 amide bonds. The van der Waals surface area contributed by atoms with E-state index in [-0.39, 0.29) is 4.91 Å². The maximum atomic E-state index is 11.7. The topological polar surface area (TPSA) is 88.1 Å². The summed E-state index contributed by atoms with van der Waals surface area (Å²) in [6.07, 6.45) is 2.28. The molecule has 1 heterocycles. The van der Waals surface area contributed by atoms with Gasteiger partial charge in [0, 0.05) is 16.5 Å². The summed E-state index contributed by atoms with van der Waals surface area (Å²) in [7, 11) is 0. The Morgan fingerprint density at radius 2 is 2.00 bits per heavy atom. The van der Waals surface area contributed by atoms with Gasteiger partial charge in [0.05, 0.1) is 0 Å². The molecular weight excluding hydrogens is 442 g/mol. The number of thioether (sulfide) groups is 1. The molecule has 1 aromatic heterocycles. The minimum absolute atomic E-state index is 0.112. The molecule has 28 heavy (non-hydrogen) atoms. The SMILES string of the molecule is CCc1nc(S/C(=C\c2ccccc2OCc2ccc(Br)cc2)C(=O)O)n[nH]1.